The minimum atomic E-state index is -0.148. The second-order valence-electron chi connectivity index (χ2n) is 7.64. The summed E-state index contributed by atoms with van der Waals surface area (Å²) in [7, 11) is 1.70. The van der Waals surface area contributed by atoms with E-state index in [1.54, 1.807) is 25.3 Å². The highest BCUT2D eigenvalue weighted by molar-refractivity contribution is 5.92. The molecule has 0 radical (unpaired) electrons. The number of piperazine rings is 1. The maximum Gasteiger partial charge on any atom is 0.269 e. The van der Waals surface area contributed by atoms with Crippen LogP contribution in [0.15, 0.2) is 49.1 Å². The fourth-order valence-corrected chi connectivity index (χ4v) is 3.68. The van der Waals surface area contributed by atoms with Crippen LogP contribution in [0.4, 0.5) is 5.69 Å². The predicted octanol–water partition coefficient (Wildman–Crippen LogP) is 1.80. The van der Waals surface area contributed by atoms with Crippen LogP contribution in [0.1, 0.15) is 23.3 Å². The zero-order chi connectivity index (χ0) is 22.1. The first-order chi connectivity index (χ1) is 15.1. The van der Waals surface area contributed by atoms with Crippen molar-refractivity contribution in [3.05, 3.63) is 65.3 Å². The number of benzene rings is 1. The van der Waals surface area contributed by atoms with Crippen LogP contribution in [0.25, 0.3) is 12.7 Å². The zero-order valence-electron chi connectivity index (χ0n) is 18.3. The highest BCUT2D eigenvalue weighted by atomic mass is 16.5. The van der Waals surface area contributed by atoms with Crippen molar-refractivity contribution in [2.75, 3.05) is 51.3 Å². The second kappa shape index (κ2) is 11.3. The van der Waals surface area contributed by atoms with Crippen LogP contribution in [0, 0.1) is 0 Å². The van der Waals surface area contributed by atoms with Gasteiger partial charge in [0.25, 0.3) is 5.91 Å². The van der Waals surface area contributed by atoms with Crippen molar-refractivity contribution in [3.8, 4) is 5.75 Å². The maximum atomic E-state index is 12.3. The number of rotatable bonds is 9. The molecule has 0 saturated carbocycles. The third kappa shape index (κ3) is 6.43. The number of anilines is 1. The van der Waals surface area contributed by atoms with E-state index in [1.165, 1.54) is 5.69 Å². The number of nitrogens with one attached hydrogen (secondary N) is 1. The maximum absolute atomic E-state index is 12.3. The van der Waals surface area contributed by atoms with E-state index in [-0.39, 0.29) is 5.91 Å². The first kappa shape index (κ1) is 22.6. The molecule has 6 heteroatoms. The molecule has 2 aromatic rings. The second-order valence-corrected chi connectivity index (χ2v) is 7.64. The van der Waals surface area contributed by atoms with Crippen LogP contribution < -0.4 is 25.5 Å². The van der Waals surface area contributed by atoms with Gasteiger partial charge in [-0.25, -0.2) is 4.98 Å². The van der Waals surface area contributed by atoms with E-state index >= 15 is 0 Å². The topological polar surface area (TPSA) is 57.7 Å². The summed E-state index contributed by atoms with van der Waals surface area (Å²) in [4.78, 5) is 21.6. The molecule has 1 aliphatic rings. The summed E-state index contributed by atoms with van der Waals surface area (Å²) in [6.07, 6.45) is 5.41. The summed E-state index contributed by atoms with van der Waals surface area (Å²) in [6, 6.07) is 11.8. The Labute approximate surface area is 184 Å². The summed E-state index contributed by atoms with van der Waals surface area (Å²) in [6.45, 7) is 13.4. The number of aromatic nitrogens is 1. The Morgan fingerprint density at radius 1 is 1.19 bits per heavy atom. The van der Waals surface area contributed by atoms with Crippen molar-refractivity contribution in [3.63, 3.8) is 0 Å². The van der Waals surface area contributed by atoms with Gasteiger partial charge in [0.2, 0.25) is 0 Å². The lowest BCUT2D eigenvalue weighted by atomic mass is 10.2. The van der Waals surface area contributed by atoms with Crippen molar-refractivity contribution in [2.24, 2.45) is 0 Å². The van der Waals surface area contributed by atoms with Gasteiger partial charge in [-0.1, -0.05) is 31.4 Å². The van der Waals surface area contributed by atoms with E-state index in [4.69, 9.17) is 4.74 Å². The first-order valence-electron chi connectivity index (χ1n) is 10.8. The molecule has 0 spiro atoms. The molecule has 1 N–H and O–H groups in total. The molecule has 0 aliphatic carbocycles. The van der Waals surface area contributed by atoms with Gasteiger partial charge in [-0.2, -0.15) is 0 Å². The Morgan fingerprint density at radius 2 is 2.00 bits per heavy atom. The fraction of sp³-hybridized carbons (Fsp3) is 0.360. The van der Waals surface area contributed by atoms with Crippen LogP contribution >= 0.6 is 0 Å². The van der Waals surface area contributed by atoms with E-state index in [0.29, 0.717) is 17.6 Å². The van der Waals surface area contributed by atoms with Crippen molar-refractivity contribution < 1.29 is 9.53 Å². The summed E-state index contributed by atoms with van der Waals surface area (Å²) in [5, 5.41) is 4.42. The monoisotopic (exact) mass is 420 g/mol. The minimum absolute atomic E-state index is 0.148. The molecule has 1 saturated heterocycles. The van der Waals surface area contributed by atoms with E-state index in [0.717, 1.165) is 56.5 Å². The minimum Gasteiger partial charge on any atom is -0.497 e. The Bertz CT molecular complexity index is 997. The van der Waals surface area contributed by atoms with Crippen molar-refractivity contribution >= 4 is 24.2 Å². The van der Waals surface area contributed by atoms with Crippen LogP contribution in [0.5, 0.6) is 5.75 Å². The van der Waals surface area contributed by atoms with Gasteiger partial charge >= 0.3 is 0 Å². The van der Waals surface area contributed by atoms with Crippen LogP contribution in [-0.2, 0) is 0 Å². The molecule has 0 bridgehead atoms. The molecule has 1 aromatic heterocycles. The highest BCUT2D eigenvalue weighted by Gasteiger charge is 2.17. The van der Waals surface area contributed by atoms with E-state index in [2.05, 4.69) is 45.4 Å². The van der Waals surface area contributed by atoms with Crippen molar-refractivity contribution in [2.45, 2.75) is 12.8 Å². The van der Waals surface area contributed by atoms with Crippen LogP contribution in [0.3, 0.4) is 0 Å². The number of nitrogens with zero attached hydrogens (tertiary/aromatic N) is 3. The third-order valence-electron chi connectivity index (χ3n) is 5.50. The number of unbranched alkanes of at least 4 members (excludes halogenated alkanes) is 1. The lowest BCUT2D eigenvalue weighted by Gasteiger charge is -2.36. The number of hydrogen-bond donors (Lipinski definition) is 1. The lowest BCUT2D eigenvalue weighted by molar-refractivity contribution is 0.0947. The highest BCUT2D eigenvalue weighted by Crippen LogP contribution is 2.22. The smallest absolute Gasteiger partial charge is 0.269 e. The molecule has 3 rings (SSSR count). The summed E-state index contributed by atoms with van der Waals surface area (Å²) in [5.41, 5.74) is 1.63. The molecule has 1 aliphatic heterocycles. The largest absolute Gasteiger partial charge is 0.497 e. The van der Waals surface area contributed by atoms with Crippen LogP contribution in [0.2, 0.25) is 0 Å². The van der Waals surface area contributed by atoms with Gasteiger partial charge in [0, 0.05) is 44.5 Å². The molecular weight excluding hydrogens is 388 g/mol. The molecule has 164 valence electrons. The molecule has 31 heavy (non-hydrogen) atoms. The van der Waals surface area contributed by atoms with E-state index in [9.17, 15) is 4.79 Å². The third-order valence-corrected chi connectivity index (χ3v) is 5.50. The molecule has 1 amide bonds. The Morgan fingerprint density at radius 3 is 2.74 bits per heavy atom. The van der Waals surface area contributed by atoms with E-state index in [1.807, 2.05) is 18.2 Å². The average molecular weight is 421 g/mol. The summed E-state index contributed by atoms with van der Waals surface area (Å²) in [5.74, 6) is 0.750. The normalized spacial score (nSPS) is 15.0. The van der Waals surface area contributed by atoms with Gasteiger partial charge in [0.15, 0.2) is 0 Å². The van der Waals surface area contributed by atoms with Gasteiger partial charge in [-0.05, 0) is 48.9 Å². The number of methoxy groups -OCH3 is 1. The van der Waals surface area contributed by atoms with Gasteiger partial charge in [-0.15, -0.1) is 0 Å². The first-order valence-corrected chi connectivity index (χ1v) is 10.8. The molecular formula is C25H32N4O2. The van der Waals surface area contributed by atoms with Gasteiger partial charge < -0.3 is 15.0 Å². The Balaban J connectivity index is 1.36. The van der Waals surface area contributed by atoms with E-state index < -0.39 is 0 Å². The standard InChI is InChI=1S/C25H32N4O2/c1-4-8-23-20(2)11-12-24(27-23)25(30)26-13-5-6-14-28-15-17-29(18-16-28)21-9-7-10-22(19-21)31-3/h4,7-12,19H,1-2,5-6,13-18H2,3H3,(H,26,30)/b23-8+. The average Bonchev–Trinajstić information content (AvgIpc) is 2.80. The number of allylic oxidation sites excluding steroid dienone is 1. The predicted molar refractivity (Wildman–Crippen MR) is 127 cm³/mol. The number of pyridine rings is 1. The fourth-order valence-electron chi connectivity index (χ4n) is 3.68. The number of hydrogen-bond acceptors (Lipinski definition) is 5. The quantitative estimate of drug-likeness (QED) is 0.627. The molecule has 1 fully saturated rings. The molecule has 0 atom stereocenters. The number of carbonyl (C=O) groups is 1. The SMILES string of the molecule is C=C/C=c1/nc(C(=O)NCCCCN2CCN(c3cccc(OC)c3)CC2)ccc1=C. The van der Waals surface area contributed by atoms with Crippen molar-refractivity contribution in [1.29, 1.82) is 0 Å². The van der Waals surface area contributed by atoms with Gasteiger partial charge in [0.05, 0.1) is 12.5 Å². The Kier molecular flexibility index (Phi) is 8.24. The lowest BCUT2D eigenvalue weighted by Crippen LogP contribution is -2.46. The molecule has 2 heterocycles. The number of ether oxygens (including phenoxy) is 1. The van der Waals surface area contributed by atoms with Crippen molar-refractivity contribution in [1.82, 2.24) is 15.2 Å². The van der Waals surface area contributed by atoms with Gasteiger partial charge in [-0.3, -0.25) is 9.69 Å². The molecule has 0 unspecified atom stereocenters. The van der Waals surface area contributed by atoms with Gasteiger partial charge in [0.1, 0.15) is 11.4 Å². The number of amides is 1. The summed E-state index contributed by atoms with van der Waals surface area (Å²) < 4.78 is 5.33. The zero-order valence-corrected chi connectivity index (χ0v) is 18.3. The Hall–Kier alpha value is -3.12. The molecule has 6 nitrogen and oxygen atoms in total. The summed E-state index contributed by atoms with van der Waals surface area (Å²) >= 11 is 0. The van der Waals surface area contributed by atoms with Crippen LogP contribution in [-0.4, -0.2) is 62.2 Å². The molecule has 1 aromatic carbocycles. The number of carbonyl (C=O) groups excluding carboxylic acids is 1.